The van der Waals surface area contributed by atoms with E-state index < -0.39 is 0 Å². The summed E-state index contributed by atoms with van der Waals surface area (Å²) in [5.41, 5.74) is 7.99. The third kappa shape index (κ3) is 3.98. The predicted molar refractivity (Wildman–Crippen MR) is 72.3 cm³/mol. The molecule has 0 aromatic heterocycles. The van der Waals surface area contributed by atoms with E-state index in [9.17, 15) is 4.79 Å². The van der Waals surface area contributed by atoms with Gasteiger partial charge in [0.2, 0.25) is 0 Å². The lowest BCUT2D eigenvalue weighted by Crippen LogP contribution is -2.18. The molecule has 0 radical (unpaired) electrons. The molecule has 0 saturated heterocycles. The number of unbranched alkanes of at least 4 members (excludes halogenated alkanes) is 2. The first-order chi connectivity index (χ1) is 8.19. The number of rotatable bonds is 6. The fourth-order valence-electron chi connectivity index (χ4n) is 1.59. The number of nitrogens with one attached hydrogen (secondary N) is 2. The third-order valence-electron chi connectivity index (χ3n) is 2.64. The smallest absolute Gasteiger partial charge is 0.251 e. The molecule has 0 heterocycles. The fourth-order valence-corrected chi connectivity index (χ4v) is 1.59. The van der Waals surface area contributed by atoms with Crippen LogP contribution in [0.2, 0.25) is 0 Å². The van der Waals surface area contributed by atoms with E-state index in [0.29, 0.717) is 11.3 Å². The van der Waals surface area contributed by atoms with Crippen LogP contribution in [0.4, 0.5) is 11.4 Å². The Balaban J connectivity index is 2.66. The second kappa shape index (κ2) is 6.78. The minimum atomic E-state index is -0.0957. The maximum Gasteiger partial charge on any atom is 0.251 e. The highest BCUT2D eigenvalue weighted by Crippen LogP contribution is 2.20. The first-order valence-corrected chi connectivity index (χ1v) is 6.04. The highest BCUT2D eigenvalue weighted by Gasteiger charge is 2.06. The molecule has 4 heteroatoms. The zero-order valence-electron chi connectivity index (χ0n) is 10.5. The van der Waals surface area contributed by atoms with Crippen molar-refractivity contribution in [1.29, 1.82) is 0 Å². The van der Waals surface area contributed by atoms with E-state index in [-0.39, 0.29) is 5.91 Å². The van der Waals surface area contributed by atoms with Crippen LogP contribution in [-0.2, 0) is 0 Å². The van der Waals surface area contributed by atoms with E-state index in [4.69, 9.17) is 5.73 Å². The highest BCUT2D eigenvalue weighted by atomic mass is 16.1. The largest absolute Gasteiger partial charge is 0.397 e. The number of carbonyl (C=O) groups excluding carboxylic acids is 1. The quantitative estimate of drug-likeness (QED) is 0.523. The van der Waals surface area contributed by atoms with E-state index in [1.54, 1.807) is 25.2 Å². The first kappa shape index (κ1) is 13.4. The summed E-state index contributed by atoms with van der Waals surface area (Å²) in [6.45, 7) is 3.05. The van der Waals surface area contributed by atoms with Crippen molar-refractivity contribution < 1.29 is 4.79 Å². The van der Waals surface area contributed by atoms with Crippen molar-refractivity contribution in [1.82, 2.24) is 5.32 Å². The molecule has 4 N–H and O–H groups in total. The minimum absolute atomic E-state index is 0.0957. The maximum atomic E-state index is 11.5. The summed E-state index contributed by atoms with van der Waals surface area (Å²) in [5.74, 6) is -0.0957. The van der Waals surface area contributed by atoms with Crippen LogP contribution in [0.5, 0.6) is 0 Å². The number of benzene rings is 1. The van der Waals surface area contributed by atoms with Gasteiger partial charge in [-0.2, -0.15) is 0 Å². The summed E-state index contributed by atoms with van der Waals surface area (Å²) in [5, 5.41) is 5.86. The van der Waals surface area contributed by atoms with Crippen LogP contribution in [-0.4, -0.2) is 19.5 Å². The summed E-state index contributed by atoms with van der Waals surface area (Å²) < 4.78 is 0. The van der Waals surface area contributed by atoms with E-state index in [2.05, 4.69) is 17.6 Å². The van der Waals surface area contributed by atoms with Gasteiger partial charge in [0.05, 0.1) is 11.4 Å². The molecular formula is C13H21N3O. The van der Waals surface area contributed by atoms with Gasteiger partial charge in [-0.05, 0) is 24.6 Å². The zero-order valence-corrected chi connectivity index (χ0v) is 10.5. The lowest BCUT2D eigenvalue weighted by molar-refractivity contribution is 0.0963. The van der Waals surface area contributed by atoms with Crippen molar-refractivity contribution in [3.63, 3.8) is 0 Å². The zero-order chi connectivity index (χ0) is 12.7. The average molecular weight is 235 g/mol. The Bertz CT molecular complexity index is 377. The SMILES string of the molecule is CCCCCNc1cc(C(=O)NC)ccc1N. The van der Waals surface area contributed by atoms with Crippen molar-refractivity contribution in [3.05, 3.63) is 23.8 Å². The van der Waals surface area contributed by atoms with Gasteiger partial charge in [-0.1, -0.05) is 19.8 Å². The number of hydrogen-bond acceptors (Lipinski definition) is 3. The molecule has 94 valence electrons. The number of amides is 1. The highest BCUT2D eigenvalue weighted by molar-refractivity contribution is 5.96. The molecular weight excluding hydrogens is 214 g/mol. The lowest BCUT2D eigenvalue weighted by Gasteiger charge is -2.10. The molecule has 0 atom stereocenters. The van der Waals surface area contributed by atoms with E-state index in [1.807, 2.05) is 0 Å². The Hall–Kier alpha value is -1.71. The Morgan fingerprint density at radius 2 is 2.12 bits per heavy atom. The van der Waals surface area contributed by atoms with Crippen LogP contribution in [0.25, 0.3) is 0 Å². The molecule has 1 rings (SSSR count). The molecule has 0 spiro atoms. The van der Waals surface area contributed by atoms with Crippen molar-refractivity contribution in [2.24, 2.45) is 0 Å². The third-order valence-corrected chi connectivity index (χ3v) is 2.64. The molecule has 0 aliphatic rings. The molecule has 0 aliphatic carbocycles. The van der Waals surface area contributed by atoms with Crippen LogP contribution in [0.3, 0.4) is 0 Å². The minimum Gasteiger partial charge on any atom is -0.397 e. The molecule has 0 fully saturated rings. The summed E-state index contributed by atoms with van der Waals surface area (Å²) >= 11 is 0. The van der Waals surface area contributed by atoms with Gasteiger partial charge in [-0.25, -0.2) is 0 Å². The Morgan fingerprint density at radius 1 is 1.35 bits per heavy atom. The topological polar surface area (TPSA) is 67.2 Å². The van der Waals surface area contributed by atoms with E-state index in [1.165, 1.54) is 12.8 Å². The van der Waals surface area contributed by atoms with E-state index in [0.717, 1.165) is 18.7 Å². The Morgan fingerprint density at radius 3 is 2.76 bits per heavy atom. The van der Waals surface area contributed by atoms with Crippen molar-refractivity contribution in [2.45, 2.75) is 26.2 Å². The standard InChI is InChI=1S/C13H21N3O/c1-3-4-5-8-16-12-9-10(13(17)15-2)6-7-11(12)14/h6-7,9,16H,3-5,8,14H2,1-2H3,(H,15,17). The van der Waals surface area contributed by atoms with Gasteiger partial charge in [0, 0.05) is 19.2 Å². The molecule has 0 aliphatic heterocycles. The molecule has 0 bridgehead atoms. The molecule has 0 unspecified atom stereocenters. The number of hydrogen-bond donors (Lipinski definition) is 3. The number of anilines is 2. The number of carbonyl (C=O) groups is 1. The second-order valence-electron chi connectivity index (χ2n) is 4.02. The van der Waals surface area contributed by atoms with Gasteiger partial charge < -0.3 is 16.4 Å². The Kier molecular flexibility index (Phi) is 5.33. The molecule has 1 aromatic rings. The van der Waals surface area contributed by atoms with Crippen LogP contribution in [0.15, 0.2) is 18.2 Å². The summed E-state index contributed by atoms with van der Waals surface area (Å²) in [4.78, 5) is 11.5. The molecule has 1 amide bonds. The molecule has 1 aromatic carbocycles. The van der Waals surface area contributed by atoms with Crippen molar-refractivity contribution in [2.75, 3.05) is 24.6 Å². The van der Waals surface area contributed by atoms with Crippen LogP contribution >= 0.6 is 0 Å². The van der Waals surface area contributed by atoms with Crippen molar-refractivity contribution >= 4 is 17.3 Å². The normalized spacial score (nSPS) is 10.0. The van der Waals surface area contributed by atoms with Crippen LogP contribution in [0.1, 0.15) is 36.5 Å². The van der Waals surface area contributed by atoms with Gasteiger partial charge in [0.1, 0.15) is 0 Å². The maximum absolute atomic E-state index is 11.5. The summed E-state index contributed by atoms with van der Waals surface area (Å²) in [6.07, 6.45) is 3.50. The number of nitrogens with two attached hydrogens (primary N) is 1. The van der Waals surface area contributed by atoms with E-state index >= 15 is 0 Å². The fraction of sp³-hybridized carbons (Fsp3) is 0.462. The molecule has 17 heavy (non-hydrogen) atoms. The average Bonchev–Trinajstić information content (AvgIpc) is 2.35. The summed E-state index contributed by atoms with van der Waals surface area (Å²) in [7, 11) is 1.62. The lowest BCUT2D eigenvalue weighted by atomic mass is 10.1. The summed E-state index contributed by atoms with van der Waals surface area (Å²) in [6, 6.07) is 5.28. The molecule has 4 nitrogen and oxygen atoms in total. The monoisotopic (exact) mass is 235 g/mol. The van der Waals surface area contributed by atoms with Gasteiger partial charge >= 0.3 is 0 Å². The van der Waals surface area contributed by atoms with Crippen molar-refractivity contribution in [3.8, 4) is 0 Å². The predicted octanol–water partition coefficient (Wildman–Crippen LogP) is 2.23. The van der Waals surface area contributed by atoms with Gasteiger partial charge in [0.15, 0.2) is 0 Å². The second-order valence-corrected chi connectivity index (χ2v) is 4.02. The van der Waals surface area contributed by atoms with Gasteiger partial charge in [0.25, 0.3) is 5.91 Å². The van der Waals surface area contributed by atoms with Gasteiger partial charge in [-0.15, -0.1) is 0 Å². The first-order valence-electron chi connectivity index (χ1n) is 6.04. The van der Waals surface area contributed by atoms with Crippen LogP contribution < -0.4 is 16.4 Å². The van der Waals surface area contributed by atoms with Crippen LogP contribution in [0, 0.1) is 0 Å². The number of nitrogen functional groups attached to an aromatic ring is 1. The molecule has 0 saturated carbocycles. The Labute approximate surface area is 103 Å². The van der Waals surface area contributed by atoms with Gasteiger partial charge in [-0.3, -0.25) is 4.79 Å².